The Hall–Kier alpha value is -0.420. The predicted octanol–water partition coefficient (Wildman–Crippen LogP) is 3.27. The van der Waals surface area contributed by atoms with E-state index in [2.05, 4.69) is 0 Å². The van der Waals surface area contributed by atoms with Gasteiger partial charge in [-0.25, -0.2) is 8.42 Å². The van der Waals surface area contributed by atoms with Gasteiger partial charge in [-0.1, -0.05) is 23.7 Å². The average molecular weight is 288 g/mol. The topological polar surface area (TPSA) is 43.4 Å². The maximum Gasteiger partial charge on any atom is 0.265 e. The van der Waals surface area contributed by atoms with E-state index < -0.39 is 9.05 Å². The monoisotopic (exact) mass is 286 g/mol. The third-order valence-electron chi connectivity index (χ3n) is 1.41. The Kier molecular flexibility index (Phi) is 4.28. The molecule has 15 heavy (non-hydrogen) atoms. The van der Waals surface area contributed by atoms with Gasteiger partial charge in [-0.15, -0.1) is 0 Å². The number of benzene rings is 1. The molecule has 1 aromatic carbocycles. The summed E-state index contributed by atoms with van der Waals surface area (Å²) >= 11 is 10.8. The van der Waals surface area contributed by atoms with Crippen LogP contribution >= 0.6 is 33.9 Å². The molecule has 0 atom stereocenters. The molecule has 0 aromatic heterocycles. The van der Waals surface area contributed by atoms with Crippen molar-refractivity contribution in [2.24, 2.45) is 0 Å². The molecule has 0 unspecified atom stereocenters. The first-order valence-corrected chi connectivity index (χ1v) is 6.75. The van der Waals surface area contributed by atoms with Crippen LogP contribution < -0.4 is 4.74 Å². The number of ether oxygens (including phenoxy) is 1. The van der Waals surface area contributed by atoms with Crippen molar-refractivity contribution in [3.8, 4) is 5.75 Å². The van der Waals surface area contributed by atoms with E-state index in [4.69, 9.17) is 38.6 Å². The van der Waals surface area contributed by atoms with Gasteiger partial charge in [-0.05, 0) is 23.7 Å². The molecule has 82 valence electrons. The van der Waals surface area contributed by atoms with Crippen molar-refractivity contribution in [3.05, 3.63) is 35.0 Å². The fourth-order valence-electron chi connectivity index (χ4n) is 0.863. The third kappa shape index (κ3) is 3.57. The zero-order valence-corrected chi connectivity index (χ0v) is 10.2. The molecule has 0 aliphatic carbocycles. The number of para-hydroxylation sites is 1. The van der Waals surface area contributed by atoms with Crippen LogP contribution in [0.5, 0.6) is 5.75 Å². The van der Waals surface area contributed by atoms with Crippen molar-refractivity contribution >= 4 is 42.9 Å². The van der Waals surface area contributed by atoms with Crippen molar-refractivity contribution in [1.29, 1.82) is 0 Å². The maximum absolute atomic E-state index is 11.1. The molecule has 0 N–H and O–H groups in total. The zero-order valence-electron chi connectivity index (χ0n) is 7.15. The van der Waals surface area contributed by atoms with Crippen LogP contribution in [0.2, 0.25) is 0 Å². The highest BCUT2D eigenvalue weighted by molar-refractivity contribution is 8.13. The fraction of sp³-hybridized carbons (Fsp3) is 0. The van der Waals surface area contributed by atoms with Gasteiger partial charge in [0.15, 0.2) is 0 Å². The Labute approximate surface area is 102 Å². The molecule has 0 fully saturated rings. The number of hydrogen-bond donors (Lipinski definition) is 0. The normalized spacial score (nSPS) is 12.6. The first-order valence-electron chi connectivity index (χ1n) is 3.62. The van der Waals surface area contributed by atoms with Crippen molar-refractivity contribution in [2.45, 2.75) is 4.90 Å². The standard InChI is InChI=1S/C8H5Cl3O3S/c9-5-8(10)14-6-3-1-2-4-7(6)15(11,12)13/h1-5H/b8-5+. The molecule has 3 nitrogen and oxygen atoms in total. The molecule has 0 saturated carbocycles. The second-order valence-electron chi connectivity index (χ2n) is 2.40. The molecule has 0 amide bonds. The minimum absolute atomic E-state index is 0.0226. The molecule has 0 aliphatic rings. The second kappa shape index (κ2) is 5.07. The van der Waals surface area contributed by atoms with E-state index in [0.717, 1.165) is 5.54 Å². The van der Waals surface area contributed by atoms with Crippen LogP contribution in [0, 0.1) is 0 Å². The molecule has 0 spiro atoms. The van der Waals surface area contributed by atoms with E-state index in [9.17, 15) is 8.42 Å². The minimum Gasteiger partial charge on any atom is -0.443 e. The Morgan fingerprint density at radius 1 is 1.33 bits per heavy atom. The molecule has 0 bridgehead atoms. The molecule has 0 radical (unpaired) electrons. The summed E-state index contributed by atoms with van der Waals surface area (Å²) in [4.78, 5) is -0.164. The lowest BCUT2D eigenvalue weighted by Crippen LogP contribution is -1.96. The minimum atomic E-state index is -3.87. The zero-order chi connectivity index (χ0) is 11.5. The lowest BCUT2D eigenvalue weighted by atomic mass is 10.3. The highest BCUT2D eigenvalue weighted by Crippen LogP contribution is 2.28. The highest BCUT2D eigenvalue weighted by Gasteiger charge is 2.16. The van der Waals surface area contributed by atoms with Gasteiger partial charge >= 0.3 is 0 Å². The maximum atomic E-state index is 11.1. The van der Waals surface area contributed by atoms with Gasteiger partial charge in [-0.2, -0.15) is 0 Å². The molecule has 0 aliphatic heterocycles. The molecular weight excluding hydrogens is 283 g/mol. The van der Waals surface area contributed by atoms with Crippen molar-refractivity contribution in [1.82, 2.24) is 0 Å². The molecule has 0 heterocycles. The molecule has 0 saturated heterocycles. The van der Waals surface area contributed by atoms with Crippen molar-refractivity contribution in [3.63, 3.8) is 0 Å². The third-order valence-corrected chi connectivity index (χ3v) is 3.26. The lowest BCUT2D eigenvalue weighted by molar-refractivity contribution is 0.450. The summed E-state index contributed by atoms with van der Waals surface area (Å²) in [5.74, 6) is 0.0226. The van der Waals surface area contributed by atoms with Gasteiger partial charge in [-0.3, -0.25) is 0 Å². The van der Waals surface area contributed by atoms with Crippen LogP contribution in [-0.4, -0.2) is 8.42 Å². The van der Waals surface area contributed by atoms with Gasteiger partial charge in [0.25, 0.3) is 9.05 Å². The smallest absolute Gasteiger partial charge is 0.265 e. The van der Waals surface area contributed by atoms with Gasteiger partial charge in [0.2, 0.25) is 5.22 Å². The summed E-state index contributed by atoms with van der Waals surface area (Å²) in [6.45, 7) is 0. The van der Waals surface area contributed by atoms with E-state index in [1.165, 1.54) is 18.2 Å². The second-order valence-corrected chi connectivity index (χ2v) is 5.52. The first kappa shape index (κ1) is 12.6. The van der Waals surface area contributed by atoms with E-state index >= 15 is 0 Å². The van der Waals surface area contributed by atoms with E-state index in [1.54, 1.807) is 6.07 Å². The largest absolute Gasteiger partial charge is 0.443 e. The summed E-state index contributed by atoms with van der Waals surface area (Å²) < 4.78 is 27.2. The highest BCUT2D eigenvalue weighted by atomic mass is 35.7. The summed E-state index contributed by atoms with van der Waals surface area (Å²) in [5.41, 5.74) is 0.971. The Morgan fingerprint density at radius 3 is 2.47 bits per heavy atom. The Morgan fingerprint density at radius 2 is 1.93 bits per heavy atom. The summed E-state index contributed by atoms with van der Waals surface area (Å²) in [6, 6.07) is 5.81. The van der Waals surface area contributed by atoms with Crippen LogP contribution in [-0.2, 0) is 9.05 Å². The van der Waals surface area contributed by atoms with Gasteiger partial charge in [0, 0.05) is 10.7 Å². The van der Waals surface area contributed by atoms with Crippen LogP contribution in [0.4, 0.5) is 0 Å². The lowest BCUT2D eigenvalue weighted by Gasteiger charge is -2.06. The van der Waals surface area contributed by atoms with Crippen LogP contribution in [0.15, 0.2) is 39.9 Å². The van der Waals surface area contributed by atoms with E-state index in [0.29, 0.717) is 0 Å². The van der Waals surface area contributed by atoms with E-state index in [-0.39, 0.29) is 15.9 Å². The van der Waals surface area contributed by atoms with Crippen molar-refractivity contribution in [2.75, 3.05) is 0 Å². The molecule has 1 aromatic rings. The summed E-state index contributed by atoms with van der Waals surface area (Å²) in [5, 5.41) is -0.149. The molecule has 1 rings (SSSR count). The van der Waals surface area contributed by atoms with Crippen LogP contribution in [0.1, 0.15) is 0 Å². The van der Waals surface area contributed by atoms with Crippen LogP contribution in [0.25, 0.3) is 0 Å². The first-order chi connectivity index (χ1) is 6.95. The van der Waals surface area contributed by atoms with E-state index in [1.807, 2.05) is 0 Å². The predicted molar refractivity (Wildman–Crippen MR) is 59.9 cm³/mol. The van der Waals surface area contributed by atoms with Crippen molar-refractivity contribution < 1.29 is 13.2 Å². The molecular formula is C8H5Cl3O3S. The number of hydrogen-bond acceptors (Lipinski definition) is 3. The number of halogens is 3. The summed E-state index contributed by atoms with van der Waals surface area (Å²) in [6.07, 6.45) is 0. The van der Waals surface area contributed by atoms with Gasteiger partial charge in [0.1, 0.15) is 10.6 Å². The SMILES string of the molecule is O=S(=O)(Cl)c1ccccc1O/C(Cl)=C/Cl. The van der Waals surface area contributed by atoms with Crippen LogP contribution in [0.3, 0.4) is 0 Å². The summed E-state index contributed by atoms with van der Waals surface area (Å²) in [7, 11) is 1.32. The number of rotatable bonds is 3. The van der Waals surface area contributed by atoms with Gasteiger partial charge in [0.05, 0.1) is 5.54 Å². The quantitative estimate of drug-likeness (QED) is 0.633. The average Bonchev–Trinajstić information content (AvgIpc) is 2.17. The Bertz CT molecular complexity index is 482. The van der Waals surface area contributed by atoms with Gasteiger partial charge < -0.3 is 4.74 Å². The molecule has 7 heteroatoms. The Balaban J connectivity index is 3.19. The fourth-order valence-corrected chi connectivity index (χ4v) is 1.96.